The van der Waals surface area contributed by atoms with Crippen LogP contribution in [0.3, 0.4) is 0 Å². The smallest absolute Gasteiger partial charge is 0.261 e. The lowest BCUT2D eigenvalue weighted by atomic mass is 10.2. The Bertz CT molecular complexity index is 629. The summed E-state index contributed by atoms with van der Waals surface area (Å²) in [5, 5.41) is 0. The molecule has 1 saturated carbocycles. The molecule has 4 nitrogen and oxygen atoms in total. The summed E-state index contributed by atoms with van der Waals surface area (Å²) in [7, 11) is 1.14. The van der Waals surface area contributed by atoms with E-state index in [-0.39, 0.29) is 17.5 Å². The zero-order valence-corrected chi connectivity index (χ0v) is 12.5. The lowest BCUT2D eigenvalue weighted by Gasteiger charge is -2.22. The van der Waals surface area contributed by atoms with Crippen LogP contribution in [0.5, 0.6) is 0 Å². The minimum Gasteiger partial charge on any atom is -0.336 e. The molecule has 0 heterocycles. The molecule has 1 fully saturated rings. The molecule has 0 atom stereocenters. The third-order valence-corrected chi connectivity index (χ3v) is 4.45. The van der Waals surface area contributed by atoms with Crippen LogP contribution in [0, 0.1) is 5.82 Å². The topological polar surface area (TPSA) is 54.5 Å². The maximum absolute atomic E-state index is 13.5. The Labute approximate surface area is 121 Å². The summed E-state index contributed by atoms with van der Waals surface area (Å²) in [5.41, 5.74) is 0.0181. The molecule has 2 rings (SSSR count). The van der Waals surface area contributed by atoms with Crippen LogP contribution in [0.4, 0.5) is 4.39 Å². The van der Waals surface area contributed by atoms with Gasteiger partial charge in [-0.05, 0) is 37.5 Å². The second kappa shape index (κ2) is 5.69. The Morgan fingerprint density at radius 1 is 1.40 bits per heavy atom. The fraction of sp³-hybridized carbons (Fsp3) is 0.462. The third-order valence-electron chi connectivity index (χ3n) is 3.11. The minimum absolute atomic E-state index is 0.0181. The molecular formula is C13H15ClFNO3S. The lowest BCUT2D eigenvalue weighted by Crippen LogP contribution is -2.33. The van der Waals surface area contributed by atoms with Crippen molar-refractivity contribution in [3.05, 3.63) is 29.6 Å². The molecular weight excluding hydrogens is 305 g/mol. The SMILES string of the molecule is CCCN(C(=O)c1cc(F)cc(S(=O)(=O)Cl)c1)C1CC1. The number of carbonyl (C=O) groups excluding carboxylic acids is 1. The predicted octanol–water partition coefficient (Wildman–Crippen LogP) is 2.77. The Morgan fingerprint density at radius 2 is 2.05 bits per heavy atom. The van der Waals surface area contributed by atoms with Gasteiger partial charge in [-0.2, -0.15) is 0 Å². The van der Waals surface area contributed by atoms with Crippen molar-refractivity contribution in [1.29, 1.82) is 0 Å². The Kier molecular flexibility index (Phi) is 4.34. The molecule has 0 bridgehead atoms. The molecule has 20 heavy (non-hydrogen) atoms. The molecule has 1 aliphatic carbocycles. The van der Waals surface area contributed by atoms with Crippen LogP contribution >= 0.6 is 10.7 Å². The van der Waals surface area contributed by atoms with E-state index in [1.807, 2.05) is 6.92 Å². The van der Waals surface area contributed by atoms with E-state index in [0.29, 0.717) is 6.54 Å². The normalized spacial score (nSPS) is 15.2. The van der Waals surface area contributed by atoms with Crippen LogP contribution in [-0.4, -0.2) is 31.8 Å². The van der Waals surface area contributed by atoms with Crippen molar-refractivity contribution in [1.82, 2.24) is 4.90 Å². The summed E-state index contributed by atoms with van der Waals surface area (Å²) in [6.07, 6.45) is 2.65. The van der Waals surface area contributed by atoms with Crippen molar-refractivity contribution in [2.24, 2.45) is 0 Å². The molecule has 1 aliphatic rings. The van der Waals surface area contributed by atoms with Crippen molar-refractivity contribution >= 4 is 25.6 Å². The second-order valence-electron chi connectivity index (χ2n) is 4.84. The molecule has 0 radical (unpaired) electrons. The third kappa shape index (κ3) is 3.49. The Morgan fingerprint density at radius 3 is 2.55 bits per heavy atom. The van der Waals surface area contributed by atoms with Gasteiger partial charge in [0.05, 0.1) is 4.90 Å². The number of benzene rings is 1. The highest BCUT2D eigenvalue weighted by Gasteiger charge is 2.32. The maximum atomic E-state index is 13.5. The van der Waals surface area contributed by atoms with Crippen LogP contribution in [0.1, 0.15) is 36.5 Å². The molecule has 0 N–H and O–H groups in total. The molecule has 7 heteroatoms. The average molecular weight is 320 g/mol. The van der Waals surface area contributed by atoms with Crippen LogP contribution in [0.2, 0.25) is 0 Å². The second-order valence-corrected chi connectivity index (χ2v) is 7.41. The van der Waals surface area contributed by atoms with Gasteiger partial charge in [0.2, 0.25) is 0 Å². The van der Waals surface area contributed by atoms with E-state index in [1.54, 1.807) is 4.90 Å². The Balaban J connectivity index is 2.36. The van der Waals surface area contributed by atoms with Gasteiger partial charge >= 0.3 is 0 Å². The van der Waals surface area contributed by atoms with E-state index in [4.69, 9.17) is 10.7 Å². The summed E-state index contributed by atoms with van der Waals surface area (Å²) in [4.78, 5) is 13.6. The first-order valence-electron chi connectivity index (χ1n) is 6.39. The molecule has 0 aliphatic heterocycles. The van der Waals surface area contributed by atoms with Gasteiger partial charge in [-0.25, -0.2) is 12.8 Å². The van der Waals surface area contributed by atoms with Gasteiger partial charge in [0, 0.05) is 28.8 Å². The minimum atomic E-state index is -4.06. The Hall–Kier alpha value is -1.14. The monoisotopic (exact) mass is 319 g/mol. The van der Waals surface area contributed by atoms with Gasteiger partial charge in [-0.1, -0.05) is 6.92 Å². The van der Waals surface area contributed by atoms with E-state index in [9.17, 15) is 17.6 Å². The van der Waals surface area contributed by atoms with Crippen LogP contribution in [-0.2, 0) is 9.05 Å². The highest BCUT2D eigenvalue weighted by molar-refractivity contribution is 8.13. The quantitative estimate of drug-likeness (QED) is 0.784. The summed E-state index contributed by atoms with van der Waals surface area (Å²) < 4.78 is 36.0. The molecule has 110 valence electrons. The average Bonchev–Trinajstić information content (AvgIpc) is 3.17. The number of rotatable bonds is 5. The fourth-order valence-corrected chi connectivity index (χ4v) is 2.86. The van der Waals surface area contributed by atoms with Crippen molar-refractivity contribution in [3.63, 3.8) is 0 Å². The van der Waals surface area contributed by atoms with E-state index in [1.165, 1.54) is 0 Å². The standard InChI is InChI=1S/C13H15ClFNO3S/c1-2-5-16(11-3-4-11)13(17)9-6-10(15)8-12(7-9)20(14,18)19/h6-8,11H,2-5H2,1H3. The molecule has 1 aromatic carbocycles. The number of halogens is 2. The molecule has 0 saturated heterocycles. The zero-order chi connectivity index (χ0) is 14.9. The van der Waals surface area contributed by atoms with Crippen molar-refractivity contribution in [2.45, 2.75) is 37.1 Å². The van der Waals surface area contributed by atoms with Gasteiger partial charge in [-0.15, -0.1) is 0 Å². The van der Waals surface area contributed by atoms with Crippen molar-refractivity contribution < 1.29 is 17.6 Å². The van der Waals surface area contributed by atoms with Gasteiger partial charge in [-0.3, -0.25) is 4.79 Å². The molecule has 0 aromatic heterocycles. The first-order chi connectivity index (χ1) is 9.32. The van der Waals surface area contributed by atoms with E-state index < -0.39 is 19.8 Å². The van der Waals surface area contributed by atoms with Crippen LogP contribution < -0.4 is 0 Å². The summed E-state index contributed by atoms with van der Waals surface area (Å²) in [5.74, 6) is -1.14. The number of nitrogens with zero attached hydrogens (tertiary/aromatic N) is 1. The van der Waals surface area contributed by atoms with Gasteiger partial charge < -0.3 is 4.90 Å². The highest BCUT2D eigenvalue weighted by atomic mass is 35.7. The van der Waals surface area contributed by atoms with E-state index >= 15 is 0 Å². The van der Waals surface area contributed by atoms with Crippen LogP contribution in [0.15, 0.2) is 23.1 Å². The highest BCUT2D eigenvalue weighted by Crippen LogP contribution is 2.29. The number of carbonyl (C=O) groups is 1. The molecule has 1 aromatic rings. The number of hydrogen-bond acceptors (Lipinski definition) is 3. The molecule has 0 unspecified atom stereocenters. The number of hydrogen-bond donors (Lipinski definition) is 0. The predicted molar refractivity (Wildman–Crippen MR) is 73.8 cm³/mol. The summed E-state index contributed by atoms with van der Waals surface area (Å²) >= 11 is 0. The molecule has 0 spiro atoms. The van der Waals surface area contributed by atoms with E-state index in [0.717, 1.165) is 37.5 Å². The van der Waals surface area contributed by atoms with Crippen molar-refractivity contribution in [3.8, 4) is 0 Å². The number of amides is 1. The van der Waals surface area contributed by atoms with Gasteiger partial charge in [0.15, 0.2) is 0 Å². The van der Waals surface area contributed by atoms with Crippen molar-refractivity contribution in [2.75, 3.05) is 6.54 Å². The maximum Gasteiger partial charge on any atom is 0.261 e. The first kappa shape index (κ1) is 15.3. The zero-order valence-electron chi connectivity index (χ0n) is 11.0. The first-order valence-corrected chi connectivity index (χ1v) is 8.70. The summed E-state index contributed by atoms with van der Waals surface area (Å²) in [6.45, 7) is 2.52. The van der Waals surface area contributed by atoms with Crippen LogP contribution in [0.25, 0.3) is 0 Å². The summed E-state index contributed by atoms with van der Waals surface area (Å²) in [6, 6.07) is 3.15. The van der Waals surface area contributed by atoms with Gasteiger partial charge in [0.1, 0.15) is 5.82 Å². The van der Waals surface area contributed by atoms with Gasteiger partial charge in [0.25, 0.3) is 15.0 Å². The fourth-order valence-electron chi connectivity index (χ4n) is 2.07. The van der Waals surface area contributed by atoms with E-state index in [2.05, 4.69) is 0 Å². The molecule has 1 amide bonds. The lowest BCUT2D eigenvalue weighted by molar-refractivity contribution is 0.0742. The largest absolute Gasteiger partial charge is 0.336 e.